The van der Waals surface area contributed by atoms with Crippen LogP contribution < -0.4 is 11.5 Å². The maximum absolute atomic E-state index is 5.96. The summed E-state index contributed by atoms with van der Waals surface area (Å²) in [7, 11) is 0. The molecule has 0 rings (SSSR count). The van der Waals surface area contributed by atoms with Crippen LogP contribution in [0.2, 0.25) is 0 Å². The van der Waals surface area contributed by atoms with Gasteiger partial charge < -0.3 is 21.3 Å². The SMILES string of the molecule is C=C(CCCN(CCN)CCC(C)C(C)(C)S)CCCN(CC(C)CCCCCCCCCC)CC(C)CCCCCCCCCC.CC.CCC(C)(C)N. The van der Waals surface area contributed by atoms with E-state index in [1.807, 2.05) is 27.7 Å². The fourth-order valence-corrected chi connectivity index (χ4v) is 7.18. The van der Waals surface area contributed by atoms with Crippen molar-refractivity contribution in [3.05, 3.63) is 12.2 Å². The highest BCUT2D eigenvalue weighted by molar-refractivity contribution is 7.81. The average molecular weight is 798 g/mol. The summed E-state index contributed by atoms with van der Waals surface area (Å²) in [6.45, 7) is 38.9. The lowest BCUT2D eigenvalue weighted by Gasteiger charge is -2.29. The summed E-state index contributed by atoms with van der Waals surface area (Å²) in [6, 6.07) is 0. The lowest BCUT2D eigenvalue weighted by Crippen LogP contribution is -2.34. The first-order valence-electron chi connectivity index (χ1n) is 24.4. The van der Waals surface area contributed by atoms with Gasteiger partial charge in [0.15, 0.2) is 0 Å². The van der Waals surface area contributed by atoms with Gasteiger partial charge in [-0.2, -0.15) is 12.6 Å². The fourth-order valence-electron chi connectivity index (χ4n) is 7.05. The highest BCUT2D eigenvalue weighted by Crippen LogP contribution is 2.26. The molecule has 0 amide bonds. The van der Waals surface area contributed by atoms with Crippen LogP contribution in [0.15, 0.2) is 12.2 Å². The van der Waals surface area contributed by atoms with Crippen molar-refractivity contribution in [3.8, 4) is 0 Å². The van der Waals surface area contributed by atoms with Gasteiger partial charge in [0, 0.05) is 36.5 Å². The maximum atomic E-state index is 5.96. The molecule has 0 fully saturated rings. The molecule has 4 N–H and O–H groups in total. The molecular formula is C50H108N4S. The zero-order chi connectivity index (χ0) is 42.4. The summed E-state index contributed by atoms with van der Waals surface area (Å²) in [5.74, 6) is 2.20. The van der Waals surface area contributed by atoms with Gasteiger partial charge >= 0.3 is 0 Å². The number of rotatable bonds is 37. The quantitative estimate of drug-likeness (QED) is 0.0333. The Kier molecular flexibility index (Phi) is 43.8. The van der Waals surface area contributed by atoms with Crippen molar-refractivity contribution in [2.75, 3.05) is 45.8 Å². The zero-order valence-electron chi connectivity index (χ0n) is 40.4. The van der Waals surface area contributed by atoms with E-state index in [2.05, 4.69) is 71.8 Å². The molecular weight excluding hydrogens is 689 g/mol. The van der Waals surface area contributed by atoms with Gasteiger partial charge in [-0.15, -0.1) is 0 Å². The third kappa shape index (κ3) is 44.9. The monoisotopic (exact) mass is 797 g/mol. The van der Waals surface area contributed by atoms with Crippen LogP contribution in [0.5, 0.6) is 0 Å². The first kappa shape index (κ1) is 59.2. The van der Waals surface area contributed by atoms with Crippen molar-refractivity contribution >= 4 is 12.6 Å². The Balaban J connectivity index is -0.00000305. The first-order chi connectivity index (χ1) is 26.1. The van der Waals surface area contributed by atoms with Gasteiger partial charge in [-0.3, -0.25) is 0 Å². The molecule has 0 spiro atoms. The van der Waals surface area contributed by atoms with E-state index < -0.39 is 0 Å². The Morgan fingerprint density at radius 1 is 0.564 bits per heavy atom. The Labute approximate surface area is 355 Å². The van der Waals surface area contributed by atoms with E-state index in [1.54, 1.807) is 0 Å². The van der Waals surface area contributed by atoms with Gasteiger partial charge in [0.25, 0.3) is 0 Å². The van der Waals surface area contributed by atoms with E-state index in [0.29, 0.717) is 5.92 Å². The van der Waals surface area contributed by atoms with Crippen LogP contribution in [0.25, 0.3) is 0 Å². The molecule has 0 aromatic heterocycles. The summed E-state index contributed by atoms with van der Waals surface area (Å²) in [5, 5.41) is 0. The smallest absolute Gasteiger partial charge is 0.0105 e. The third-order valence-electron chi connectivity index (χ3n) is 11.7. The maximum Gasteiger partial charge on any atom is 0.0105 e. The summed E-state index contributed by atoms with van der Waals surface area (Å²) in [5.41, 5.74) is 13.0. The number of nitrogens with two attached hydrogens (primary N) is 2. The lowest BCUT2D eigenvalue weighted by molar-refractivity contribution is 0.195. The third-order valence-corrected chi connectivity index (χ3v) is 12.1. The average Bonchev–Trinajstić information content (AvgIpc) is 3.13. The van der Waals surface area contributed by atoms with Crippen LogP contribution >= 0.6 is 12.6 Å². The Morgan fingerprint density at radius 2 is 0.927 bits per heavy atom. The van der Waals surface area contributed by atoms with E-state index >= 15 is 0 Å². The molecule has 0 radical (unpaired) electrons. The van der Waals surface area contributed by atoms with Crippen LogP contribution in [0.3, 0.4) is 0 Å². The topological polar surface area (TPSA) is 58.5 Å². The summed E-state index contributed by atoms with van der Waals surface area (Å²) < 4.78 is 0.0766. The zero-order valence-corrected chi connectivity index (χ0v) is 41.3. The predicted octanol–water partition coefficient (Wildman–Crippen LogP) is 14.9. The molecule has 0 saturated carbocycles. The molecule has 0 bridgehead atoms. The van der Waals surface area contributed by atoms with Gasteiger partial charge in [-0.05, 0) is 103 Å². The summed E-state index contributed by atoms with van der Waals surface area (Å²) >= 11 is 4.80. The van der Waals surface area contributed by atoms with Crippen LogP contribution in [-0.2, 0) is 0 Å². The van der Waals surface area contributed by atoms with Crippen LogP contribution in [0.4, 0.5) is 0 Å². The van der Waals surface area contributed by atoms with E-state index in [4.69, 9.17) is 24.1 Å². The highest BCUT2D eigenvalue weighted by atomic mass is 32.1. The second-order valence-electron chi connectivity index (χ2n) is 18.8. The standard InChI is InChI=1S/C43H89N3S.C5H13N.C2H6/c1-9-11-13-15-17-19-21-23-27-40(4)37-46(38-41(5)28-24-22-20-18-16-14-12-10-2)34-26-30-39(3)29-25-33-45(36-32-44)35-31-42(6)43(7,8)47;1-4-5(2,3)6;1-2/h40-42,47H,3,9-38,44H2,1-2,4-8H3;4,6H2,1-3H3;1-2H3. The molecule has 55 heavy (non-hydrogen) atoms. The van der Waals surface area contributed by atoms with Crippen molar-refractivity contribution in [2.45, 2.75) is 247 Å². The minimum Gasteiger partial charge on any atom is -0.329 e. The van der Waals surface area contributed by atoms with Gasteiger partial charge in [0.05, 0.1) is 0 Å². The molecule has 0 aromatic carbocycles. The molecule has 0 aromatic rings. The minimum atomic E-state index is 0.0417. The Bertz CT molecular complexity index is 745. The Hall–Kier alpha value is -0.0700. The second kappa shape index (κ2) is 40.7. The van der Waals surface area contributed by atoms with Crippen molar-refractivity contribution in [2.24, 2.45) is 29.2 Å². The van der Waals surface area contributed by atoms with Gasteiger partial charge in [-0.1, -0.05) is 184 Å². The van der Waals surface area contributed by atoms with E-state index in [-0.39, 0.29) is 10.3 Å². The van der Waals surface area contributed by atoms with Crippen molar-refractivity contribution in [3.63, 3.8) is 0 Å². The van der Waals surface area contributed by atoms with Gasteiger partial charge in [-0.25, -0.2) is 0 Å². The van der Waals surface area contributed by atoms with Crippen LogP contribution in [-0.4, -0.2) is 65.9 Å². The summed E-state index contributed by atoms with van der Waals surface area (Å²) in [6.07, 6.45) is 32.6. The van der Waals surface area contributed by atoms with Crippen LogP contribution in [0.1, 0.15) is 237 Å². The predicted molar refractivity (Wildman–Crippen MR) is 259 cm³/mol. The van der Waals surface area contributed by atoms with Gasteiger partial charge in [0.1, 0.15) is 0 Å². The molecule has 4 nitrogen and oxygen atoms in total. The van der Waals surface area contributed by atoms with Crippen molar-refractivity contribution in [1.29, 1.82) is 0 Å². The van der Waals surface area contributed by atoms with E-state index in [9.17, 15) is 0 Å². The molecule has 334 valence electrons. The van der Waals surface area contributed by atoms with Crippen molar-refractivity contribution < 1.29 is 0 Å². The Morgan fingerprint density at radius 3 is 1.27 bits per heavy atom. The number of hydrogen-bond acceptors (Lipinski definition) is 5. The van der Waals surface area contributed by atoms with E-state index in [0.717, 1.165) is 50.9 Å². The molecule has 0 saturated heterocycles. The largest absolute Gasteiger partial charge is 0.329 e. The number of thiol groups is 1. The molecule has 0 heterocycles. The molecule has 5 heteroatoms. The highest BCUT2D eigenvalue weighted by Gasteiger charge is 2.21. The second-order valence-corrected chi connectivity index (χ2v) is 19.9. The lowest BCUT2D eigenvalue weighted by atomic mass is 9.93. The van der Waals surface area contributed by atoms with Crippen LogP contribution in [0, 0.1) is 17.8 Å². The fraction of sp³-hybridized carbons (Fsp3) is 0.960. The van der Waals surface area contributed by atoms with Crippen molar-refractivity contribution in [1.82, 2.24) is 9.80 Å². The normalized spacial score (nSPS) is 13.6. The number of unbranched alkanes of at least 4 members (excludes halogenated alkanes) is 14. The minimum absolute atomic E-state index is 0.0417. The number of allylic oxidation sites excluding steroid dienone is 1. The molecule has 3 atom stereocenters. The van der Waals surface area contributed by atoms with E-state index in [1.165, 1.54) is 166 Å². The van der Waals surface area contributed by atoms with Gasteiger partial charge in [0.2, 0.25) is 0 Å². The first-order valence-corrected chi connectivity index (χ1v) is 24.9. The number of nitrogens with zero attached hydrogens (tertiary/aromatic N) is 2. The molecule has 0 aliphatic rings. The number of hydrogen-bond donors (Lipinski definition) is 3. The molecule has 3 unspecified atom stereocenters. The summed E-state index contributed by atoms with van der Waals surface area (Å²) in [4.78, 5) is 5.40. The molecule has 0 aliphatic carbocycles. The molecule has 0 aliphatic heterocycles.